The molecule has 1 aromatic rings. The van der Waals surface area contributed by atoms with Crippen LogP contribution in [0.1, 0.15) is 4.88 Å². The van der Waals surface area contributed by atoms with Crippen molar-refractivity contribution in [2.45, 2.75) is 11.7 Å². The normalized spacial score (nSPS) is 9.08. The van der Waals surface area contributed by atoms with Gasteiger partial charge in [0.1, 0.15) is 0 Å². The van der Waals surface area contributed by atoms with Crippen LogP contribution in [0.2, 0.25) is 5.32 Å². The molecule has 0 spiro atoms. The number of aryl methyl sites for hydroxylation is 1. The van der Waals surface area contributed by atoms with Gasteiger partial charge in [-0.05, 0) is 0 Å². The second-order valence-electron chi connectivity index (χ2n) is 2.32. The third-order valence-corrected chi connectivity index (χ3v) is 2.79. The first-order valence-corrected chi connectivity index (χ1v) is 6.10. The van der Waals surface area contributed by atoms with E-state index in [0.717, 1.165) is 11.7 Å². The maximum atomic E-state index is 2.62. The Balaban J connectivity index is 2.93. The summed E-state index contributed by atoms with van der Waals surface area (Å²) in [7, 11) is 0. The van der Waals surface area contributed by atoms with Gasteiger partial charge >= 0.3 is 85.7 Å². The third-order valence-electron chi connectivity index (χ3n) is 1.38. The molecule has 0 radical (unpaired) electrons. The Morgan fingerprint density at radius 2 is 1.83 bits per heavy atom. The molecule has 0 aliphatic rings. The zero-order valence-electron chi connectivity index (χ0n) is 6.81. The van der Waals surface area contributed by atoms with Gasteiger partial charge in [-0.3, -0.25) is 0 Å². The average Bonchev–Trinajstić information content (AvgIpc) is 2.19. The second kappa shape index (κ2) is 6.24. The predicted octanol–water partition coefficient (Wildman–Crippen LogP) is 2.73. The molecule has 1 aromatic heterocycles. The molecule has 0 unspecified atom stereocenters. The van der Waals surface area contributed by atoms with E-state index in [2.05, 4.69) is 45.7 Å². The Hall–Kier alpha value is -0.301. The summed E-state index contributed by atoms with van der Waals surface area (Å²) in [5.41, 5.74) is 0. The molecule has 0 aromatic carbocycles. The molecule has 2 heteroatoms. The molecular weight excluding hydrogens is 231 g/mol. The summed E-state index contributed by atoms with van der Waals surface area (Å²) < 4.78 is 0. The summed E-state index contributed by atoms with van der Waals surface area (Å²) in [4.78, 5) is 1.42. The maximum absolute atomic E-state index is 2.62. The molecule has 0 saturated heterocycles. The first kappa shape index (κ1) is 9.78. The van der Waals surface area contributed by atoms with Gasteiger partial charge in [0.05, 0.1) is 0 Å². The Kier molecular flexibility index (Phi) is 5.09. The Morgan fingerprint density at radius 1 is 1.08 bits per heavy atom. The minimum absolute atomic E-state index is 1.15. The number of hydrogen-bond acceptors (Lipinski definition) is 1. The monoisotopic (exact) mass is 244 g/mol. The van der Waals surface area contributed by atoms with Gasteiger partial charge in [0, 0.05) is 0 Å². The summed E-state index contributed by atoms with van der Waals surface area (Å²) >= 11 is 4.42. The molecule has 1 rings (SSSR count). The fourth-order valence-electron chi connectivity index (χ4n) is 0.819. The van der Waals surface area contributed by atoms with Crippen LogP contribution in [0.15, 0.2) is 41.8 Å². The van der Waals surface area contributed by atoms with Crippen LogP contribution >= 0.6 is 11.3 Å². The third kappa shape index (κ3) is 3.91. The van der Waals surface area contributed by atoms with Crippen molar-refractivity contribution in [2.75, 3.05) is 0 Å². The van der Waals surface area contributed by atoms with Crippen LogP contribution in [0.5, 0.6) is 0 Å². The zero-order valence-corrected chi connectivity index (χ0v) is 9.50. The summed E-state index contributed by atoms with van der Waals surface area (Å²) in [5, 5.41) is 3.28. The van der Waals surface area contributed by atoms with E-state index >= 15 is 0 Å². The number of rotatable bonds is 2. The minimum atomic E-state index is 1.15. The molecule has 0 aliphatic carbocycles. The van der Waals surface area contributed by atoms with Crippen LogP contribution in [0.4, 0.5) is 0 Å². The van der Waals surface area contributed by atoms with E-state index in [0.29, 0.717) is 0 Å². The van der Waals surface area contributed by atoms with Crippen LogP contribution in [-0.4, -0.2) is 16.0 Å². The van der Waals surface area contributed by atoms with E-state index in [-0.39, 0.29) is 0 Å². The molecule has 0 N–H and O–H groups in total. The summed E-state index contributed by atoms with van der Waals surface area (Å²) in [6.45, 7) is 0. The standard InChI is InChI=1S/C10H12SSe/c12-9-7-10-6-4-2-1-3-5-8-11-10/h1-6,8,12H,7,9H2. The van der Waals surface area contributed by atoms with Gasteiger partial charge in [-0.15, -0.1) is 0 Å². The SMILES string of the molecule is [SeH]CCc1cccccccs1. The molecule has 12 heavy (non-hydrogen) atoms. The van der Waals surface area contributed by atoms with E-state index in [1.165, 1.54) is 4.88 Å². The van der Waals surface area contributed by atoms with E-state index in [9.17, 15) is 0 Å². The molecule has 0 fully saturated rings. The van der Waals surface area contributed by atoms with E-state index < -0.39 is 0 Å². The molecule has 0 atom stereocenters. The van der Waals surface area contributed by atoms with Crippen LogP contribution in [0.3, 0.4) is 0 Å². The molecule has 0 aliphatic heterocycles. The average molecular weight is 243 g/mol. The fraction of sp³-hybridized carbons (Fsp3) is 0.200. The fourth-order valence-corrected chi connectivity index (χ4v) is 2.37. The summed E-state index contributed by atoms with van der Waals surface area (Å²) in [5.74, 6) is 0. The number of hydrogen-bond donors (Lipinski definition) is 0. The van der Waals surface area contributed by atoms with Crippen LogP contribution in [-0.2, 0) is 6.42 Å². The Bertz CT molecular complexity index is 242. The van der Waals surface area contributed by atoms with Gasteiger partial charge in [-0.1, -0.05) is 0 Å². The van der Waals surface area contributed by atoms with Crippen molar-refractivity contribution >= 4 is 27.3 Å². The molecular formula is C10H12SSe. The first-order valence-electron chi connectivity index (χ1n) is 3.90. The Morgan fingerprint density at radius 3 is 2.67 bits per heavy atom. The van der Waals surface area contributed by atoms with Crippen molar-refractivity contribution in [3.63, 3.8) is 0 Å². The van der Waals surface area contributed by atoms with Crippen molar-refractivity contribution in [2.24, 2.45) is 0 Å². The van der Waals surface area contributed by atoms with E-state index in [1.54, 1.807) is 11.3 Å². The van der Waals surface area contributed by atoms with Crippen molar-refractivity contribution in [1.82, 2.24) is 0 Å². The molecule has 1 heterocycles. The van der Waals surface area contributed by atoms with Gasteiger partial charge < -0.3 is 0 Å². The zero-order chi connectivity index (χ0) is 8.65. The van der Waals surface area contributed by atoms with Gasteiger partial charge in [-0.2, -0.15) is 0 Å². The molecule has 64 valence electrons. The summed E-state index contributed by atoms with van der Waals surface area (Å²) in [6.07, 6.45) is 1.15. The Labute approximate surface area is 85.8 Å². The molecule has 0 bridgehead atoms. The van der Waals surface area contributed by atoms with Gasteiger partial charge in [0.15, 0.2) is 0 Å². The topological polar surface area (TPSA) is 0 Å². The van der Waals surface area contributed by atoms with Gasteiger partial charge in [0.2, 0.25) is 0 Å². The second-order valence-corrected chi connectivity index (χ2v) is 4.29. The van der Waals surface area contributed by atoms with Gasteiger partial charge in [-0.25, -0.2) is 0 Å². The van der Waals surface area contributed by atoms with Crippen molar-refractivity contribution < 1.29 is 0 Å². The van der Waals surface area contributed by atoms with Crippen molar-refractivity contribution in [1.29, 1.82) is 0 Å². The van der Waals surface area contributed by atoms with Crippen molar-refractivity contribution in [3.8, 4) is 0 Å². The predicted molar refractivity (Wildman–Crippen MR) is 57.6 cm³/mol. The molecule has 0 amide bonds. The quantitative estimate of drug-likeness (QED) is 0.701. The van der Waals surface area contributed by atoms with Crippen LogP contribution in [0.25, 0.3) is 0 Å². The first-order chi connectivity index (χ1) is 5.93. The van der Waals surface area contributed by atoms with E-state index in [4.69, 9.17) is 0 Å². The molecule has 0 nitrogen and oxygen atoms in total. The molecule has 0 saturated carbocycles. The van der Waals surface area contributed by atoms with Crippen molar-refractivity contribution in [3.05, 3.63) is 46.7 Å². The van der Waals surface area contributed by atoms with Crippen LogP contribution in [0, 0.1) is 0 Å². The van der Waals surface area contributed by atoms with Crippen LogP contribution < -0.4 is 0 Å². The van der Waals surface area contributed by atoms with E-state index in [1.807, 2.05) is 12.1 Å². The summed E-state index contributed by atoms with van der Waals surface area (Å²) in [6, 6.07) is 12.5. The van der Waals surface area contributed by atoms with Gasteiger partial charge in [0.25, 0.3) is 0 Å².